The minimum absolute atomic E-state index is 0.230. The molecule has 3 heteroatoms. The highest BCUT2D eigenvalue weighted by Crippen LogP contribution is 2.32. The topological polar surface area (TPSA) is 40.5 Å². The Morgan fingerprint density at radius 1 is 1.28 bits per heavy atom. The number of rotatable bonds is 4. The summed E-state index contributed by atoms with van der Waals surface area (Å²) in [5.74, 6) is -0.607. The normalized spacial score (nSPS) is 20.2. The van der Waals surface area contributed by atoms with Crippen molar-refractivity contribution < 1.29 is 9.90 Å². The molecule has 0 bridgehead atoms. The van der Waals surface area contributed by atoms with Gasteiger partial charge in [-0.05, 0) is 25.3 Å². The fourth-order valence-electron chi connectivity index (χ4n) is 2.44. The minimum Gasteiger partial charge on any atom is -0.481 e. The van der Waals surface area contributed by atoms with Gasteiger partial charge >= 0.3 is 5.97 Å². The lowest BCUT2D eigenvalue weighted by atomic mass is 9.85. The lowest BCUT2D eigenvalue weighted by molar-refractivity contribution is -0.146. The number of hydrogen-bond acceptors (Lipinski definition) is 2. The first-order valence-corrected chi connectivity index (χ1v) is 6.52. The minimum atomic E-state index is -0.678. The number of aryl methyl sites for hydroxylation is 1. The van der Waals surface area contributed by atoms with Crippen molar-refractivity contribution in [1.82, 2.24) is 4.90 Å². The van der Waals surface area contributed by atoms with Crippen molar-refractivity contribution in [2.24, 2.45) is 11.8 Å². The molecule has 1 saturated heterocycles. The smallest absolute Gasteiger partial charge is 0.306 e. The maximum absolute atomic E-state index is 10.9. The number of carboxylic acids is 1. The molecule has 0 spiro atoms. The van der Waals surface area contributed by atoms with Crippen LogP contribution < -0.4 is 0 Å². The fourth-order valence-corrected chi connectivity index (χ4v) is 2.44. The molecule has 2 atom stereocenters. The summed E-state index contributed by atoms with van der Waals surface area (Å²) in [6.45, 7) is 7.86. The van der Waals surface area contributed by atoms with Gasteiger partial charge in [-0.15, -0.1) is 0 Å². The van der Waals surface area contributed by atoms with E-state index in [0.29, 0.717) is 12.0 Å². The van der Waals surface area contributed by atoms with Gasteiger partial charge in [-0.1, -0.05) is 36.8 Å². The second-order valence-electron chi connectivity index (χ2n) is 5.43. The average Bonchev–Trinajstić information content (AvgIpc) is 2.27. The van der Waals surface area contributed by atoms with E-state index in [2.05, 4.69) is 43.0 Å². The first kappa shape index (κ1) is 13.1. The summed E-state index contributed by atoms with van der Waals surface area (Å²) in [4.78, 5) is 13.2. The third-order valence-corrected chi connectivity index (χ3v) is 4.14. The van der Waals surface area contributed by atoms with Gasteiger partial charge in [0.15, 0.2) is 0 Å². The standard InChI is InChI=1S/C15H21NO2/c1-10-4-6-13(7-5-10)12(3)16-8-14(9-16)11(2)15(17)18/h4-7,11-12,14H,8-9H2,1-3H3,(H,17,18). The molecule has 0 radical (unpaired) electrons. The van der Waals surface area contributed by atoms with E-state index < -0.39 is 5.97 Å². The molecular weight excluding hydrogens is 226 g/mol. The summed E-state index contributed by atoms with van der Waals surface area (Å²) in [5.41, 5.74) is 2.58. The second-order valence-corrected chi connectivity index (χ2v) is 5.43. The number of hydrogen-bond donors (Lipinski definition) is 1. The van der Waals surface area contributed by atoms with Gasteiger partial charge in [0.2, 0.25) is 0 Å². The van der Waals surface area contributed by atoms with Gasteiger partial charge in [-0.3, -0.25) is 9.69 Å². The third kappa shape index (κ3) is 2.56. The van der Waals surface area contributed by atoms with Crippen LogP contribution in [-0.2, 0) is 4.79 Å². The van der Waals surface area contributed by atoms with Crippen LogP contribution in [0.15, 0.2) is 24.3 Å². The highest BCUT2D eigenvalue weighted by molar-refractivity contribution is 5.70. The zero-order valence-electron chi connectivity index (χ0n) is 11.3. The fraction of sp³-hybridized carbons (Fsp3) is 0.533. The molecule has 1 aliphatic rings. The van der Waals surface area contributed by atoms with Crippen molar-refractivity contribution in [3.8, 4) is 0 Å². The van der Waals surface area contributed by atoms with Gasteiger partial charge in [0, 0.05) is 19.1 Å². The first-order valence-electron chi connectivity index (χ1n) is 6.52. The van der Waals surface area contributed by atoms with Gasteiger partial charge in [-0.2, -0.15) is 0 Å². The largest absolute Gasteiger partial charge is 0.481 e. The van der Waals surface area contributed by atoms with Crippen LogP contribution in [0.5, 0.6) is 0 Å². The molecule has 1 fully saturated rings. The molecule has 1 heterocycles. The molecule has 0 amide bonds. The van der Waals surface area contributed by atoms with Crippen molar-refractivity contribution in [2.45, 2.75) is 26.8 Å². The number of aliphatic carboxylic acids is 1. The van der Waals surface area contributed by atoms with Gasteiger partial charge in [-0.25, -0.2) is 0 Å². The van der Waals surface area contributed by atoms with E-state index in [1.54, 1.807) is 6.92 Å². The van der Waals surface area contributed by atoms with Gasteiger partial charge < -0.3 is 5.11 Å². The average molecular weight is 247 g/mol. The molecule has 1 aliphatic heterocycles. The molecule has 3 nitrogen and oxygen atoms in total. The van der Waals surface area contributed by atoms with Crippen LogP contribution in [0.4, 0.5) is 0 Å². The Hall–Kier alpha value is -1.35. The summed E-state index contributed by atoms with van der Waals surface area (Å²) in [7, 11) is 0. The van der Waals surface area contributed by atoms with Crippen LogP contribution in [0.3, 0.4) is 0 Å². The summed E-state index contributed by atoms with van der Waals surface area (Å²) in [5, 5.41) is 8.97. The van der Waals surface area contributed by atoms with Crippen LogP contribution in [0.25, 0.3) is 0 Å². The Bertz CT molecular complexity index is 421. The van der Waals surface area contributed by atoms with E-state index in [9.17, 15) is 4.79 Å². The van der Waals surface area contributed by atoms with E-state index in [0.717, 1.165) is 13.1 Å². The monoisotopic (exact) mass is 247 g/mol. The van der Waals surface area contributed by atoms with Crippen molar-refractivity contribution in [3.05, 3.63) is 35.4 Å². The Kier molecular flexibility index (Phi) is 3.71. The van der Waals surface area contributed by atoms with Crippen LogP contribution in [0.1, 0.15) is 31.0 Å². The zero-order chi connectivity index (χ0) is 13.3. The van der Waals surface area contributed by atoms with Crippen LogP contribution in [0.2, 0.25) is 0 Å². The summed E-state index contributed by atoms with van der Waals surface area (Å²) < 4.78 is 0. The van der Waals surface area contributed by atoms with Crippen molar-refractivity contribution in [1.29, 1.82) is 0 Å². The van der Waals surface area contributed by atoms with Crippen molar-refractivity contribution >= 4 is 5.97 Å². The van der Waals surface area contributed by atoms with Gasteiger partial charge in [0.25, 0.3) is 0 Å². The highest BCUT2D eigenvalue weighted by Gasteiger charge is 2.36. The van der Waals surface area contributed by atoms with Crippen LogP contribution in [-0.4, -0.2) is 29.1 Å². The van der Waals surface area contributed by atoms with Crippen LogP contribution >= 0.6 is 0 Å². The molecule has 1 aromatic carbocycles. The third-order valence-electron chi connectivity index (χ3n) is 4.14. The Morgan fingerprint density at radius 2 is 1.83 bits per heavy atom. The molecule has 18 heavy (non-hydrogen) atoms. The second kappa shape index (κ2) is 5.11. The molecule has 0 aromatic heterocycles. The molecule has 1 aromatic rings. The maximum Gasteiger partial charge on any atom is 0.306 e. The Labute approximate surface area is 108 Å². The Balaban J connectivity index is 1.92. The van der Waals surface area contributed by atoms with Crippen molar-refractivity contribution in [2.75, 3.05) is 13.1 Å². The first-order chi connectivity index (χ1) is 8.49. The maximum atomic E-state index is 10.9. The van der Waals surface area contributed by atoms with E-state index in [4.69, 9.17) is 5.11 Å². The molecular formula is C15H21NO2. The Morgan fingerprint density at radius 3 is 2.33 bits per heavy atom. The molecule has 98 valence electrons. The molecule has 1 N–H and O–H groups in total. The quantitative estimate of drug-likeness (QED) is 0.889. The van der Waals surface area contributed by atoms with Crippen LogP contribution in [0, 0.1) is 18.8 Å². The number of nitrogens with zero attached hydrogens (tertiary/aromatic N) is 1. The number of benzene rings is 1. The lowest BCUT2D eigenvalue weighted by Crippen LogP contribution is -2.51. The number of likely N-dealkylation sites (tertiary alicyclic amines) is 1. The lowest BCUT2D eigenvalue weighted by Gasteiger charge is -2.45. The molecule has 0 saturated carbocycles. The molecule has 2 unspecified atom stereocenters. The van der Waals surface area contributed by atoms with E-state index in [-0.39, 0.29) is 5.92 Å². The summed E-state index contributed by atoms with van der Waals surface area (Å²) in [6.07, 6.45) is 0. The molecule has 0 aliphatic carbocycles. The SMILES string of the molecule is Cc1ccc(C(C)N2CC(C(C)C(=O)O)C2)cc1. The van der Waals surface area contributed by atoms with Crippen molar-refractivity contribution in [3.63, 3.8) is 0 Å². The predicted molar refractivity (Wildman–Crippen MR) is 71.5 cm³/mol. The van der Waals surface area contributed by atoms with E-state index in [1.165, 1.54) is 11.1 Å². The predicted octanol–water partition coefficient (Wildman–Crippen LogP) is 2.71. The highest BCUT2D eigenvalue weighted by atomic mass is 16.4. The zero-order valence-corrected chi connectivity index (χ0v) is 11.3. The van der Waals surface area contributed by atoms with Gasteiger partial charge in [0.1, 0.15) is 0 Å². The van der Waals surface area contributed by atoms with E-state index >= 15 is 0 Å². The molecule has 2 rings (SSSR count). The van der Waals surface area contributed by atoms with Gasteiger partial charge in [0.05, 0.1) is 5.92 Å². The van der Waals surface area contributed by atoms with E-state index in [1.807, 2.05) is 0 Å². The summed E-state index contributed by atoms with van der Waals surface area (Å²) in [6, 6.07) is 8.95. The number of carboxylic acid groups (broad SMARTS) is 1. The number of carbonyl (C=O) groups is 1. The summed E-state index contributed by atoms with van der Waals surface area (Å²) >= 11 is 0.